The van der Waals surface area contributed by atoms with Crippen LogP contribution >= 0.6 is 11.6 Å². The van der Waals surface area contributed by atoms with E-state index >= 15 is 0 Å². The van der Waals surface area contributed by atoms with Crippen molar-refractivity contribution in [1.82, 2.24) is 5.32 Å². The molecule has 104 valence electrons. The molecule has 0 aliphatic carbocycles. The van der Waals surface area contributed by atoms with E-state index in [1.807, 2.05) is 32.9 Å². The molecule has 0 bridgehead atoms. The standard InChI is InChI=1S/C14H18ClNO3/c1-14(2,3)12(16-13(17)18)10-7-8-5-4-6-9(15)11(8)19-10/h4-6,10,12,16H,7H2,1-3H3,(H,17,18). The highest BCUT2D eigenvalue weighted by atomic mass is 35.5. The lowest BCUT2D eigenvalue weighted by molar-refractivity contribution is 0.101. The number of hydrogen-bond acceptors (Lipinski definition) is 2. The molecule has 1 heterocycles. The van der Waals surface area contributed by atoms with E-state index in [1.54, 1.807) is 6.07 Å². The summed E-state index contributed by atoms with van der Waals surface area (Å²) in [6.45, 7) is 5.96. The summed E-state index contributed by atoms with van der Waals surface area (Å²) >= 11 is 6.10. The Morgan fingerprint density at radius 1 is 1.53 bits per heavy atom. The number of carboxylic acid groups (broad SMARTS) is 1. The van der Waals surface area contributed by atoms with Crippen LogP contribution in [0.5, 0.6) is 5.75 Å². The van der Waals surface area contributed by atoms with E-state index in [4.69, 9.17) is 21.4 Å². The van der Waals surface area contributed by atoms with Crippen LogP contribution in [0.2, 0.25) is 5.02 Å². The number of amides is 1. The molecule has 19 heavy (non-hydrogen) atoms. The largest absolute Gasteiger partial charge is 0.486 e. The van der Waals surface area contributed by atoms with E-state index in [1.165, 1.54) is 0 Å². The maximum absolute atomic E-state index is 11.0. The first-order chi connectivity index (χ1) is 8.79. The van der Waals surface area contributed by atoms with Crippen molar-refractivity contribution in [3.8, 4) is 5.75 Å². The third-order valence-corrected chi connectivity index (χ3v) is 3.62. The van der Waals surface area contributed by atoms with E-state index in [0.29, 0.717) is 17.2 Å². The third-order valence-electron chi connectivity index (χ3n) is 3.32. The van der Waals surface area contributed by atoms with Gasteiger partial charge < -0.3 is 15.2 Å². The maximum Gasteiger partial charge on any atom is 0.405 e. The quantitative estimate of drug-likeness (QED) is 0.875. The Bertz CT molecular complexity index is 496. The van der Waals surface area contributed by atoms with Gasteiger partial charge in [-0.1, -0.05) is 44.5 Å². The highest BCUT2D eigenvalue weighted by Crippen LogP contribution is 2.39. The maximum atomic E-state index is 11.0. The fourth-order valence-electron chi connectivity index (χ4n) is 2.44. The van der Waals surface area contributed by atoms with Crippen LogP contribution in [0.1, 0.15) is 26.3 Å². The average molecular weight is 284 g/mol. The predicted molar refractivity (Wildman–Crippen MR) is 74.0 cm³/mol. The molecule has 1 aliphatic rings. The van der Waals surface area contributed by atoms with Crippen molar-refractivity contribution in [3.63, 3.8) is 0 Å². The lowest BCUT2D eigenvalue weighted by atomic mass is 9.82. The molecule has 0 radical (unpaired) electrons. The van der Waals surface area contributed by atoms with Gasteiger partial charge in [0.25, 0.3) is 0 Å². The van der Waals surface area contributed by atoms with E-state index < -0.39 is 6.09 Å². The van der Waals surface area contributed by atoms with E-state index in [0.717, 1.165) is 5.56 Å². The summed E-state index contributed by atoms with van der Waals surface area (Å²) < 4.78 is 5.87. The summed E-state index contributed by atoms with van der Waals surface area (Å²) in [4.78, 5) is 11.0. The first-order valence-electron chi connectivity index (χ1n) is 6.22. The number of nitrogens with one attached hydrogen (secondary N) is 1. The average Bonchev–Trinajstić information content (AvgIpc) is 2.69. The first kappa shape index (κ1) is 14.0. The lowest BCUT2D eigenvalue weighted by Crippen LogP contribution is -2.52. The first-order valence-corrected chi connectivity index (χ1v) is 6.60. The zero-order chi connectivity index (χ0) is 14.2. The van der Waals surface area contributed by atoms with Crippen molar-refractivity contribution in [1.29, 1.82) is 0 Å². The topological polar surface area (TPSA) is 58.6 Å². The molecule has 0 fully saturated rings. The van der Waals surface area contributed by atoms with Gasteiger partial charge in [-0.3, -0.25) is 0 Å². The summed E-state index contributed by atoms with van der Waals surface area (Å²) in [6.07, 6.45) is -0.602. The molecule has 0 saturated heterocycles. The molecule has 2 rings (SSSR count). The van der Waals surface area contributed by atoms with Crippen molar-refractivity contribution in [2.45, 2.75) is 39.3 Å². The van der Waals surface area contributed by atoms with Crippen LogP contribution in [0.3, 0.4) is 0 Å². The van der Waals surface area contributed by atoms with E-state index in [-0.39, 0.29) is 17.6 Å². The Labute approximate surface area is 117 Å². The second kappa shape index (κ2) is 4.93. The van der Waals surface area contributed by atoms with Gasteiger partial charge in [0.15, 0.2) is 0 Å². The van der Waals surface area contributed by atoms with Crippen LogP contribution in [-0.2, 0) is 6.42 Å². The number of rotatable bonds is 2. The van der Waals surface area contributed by atoms with Crippen LogP contribution < -0.4 is 10.1 Å². The van der Waals surface area contributed by atoms with Gasteiger partial charge in [-0.15, -0.1) is 0 Å². The second-order valence-corrected chi connectivity index (χ2v) is 6.29. The van der Waals surface area contributed by atoms with Gasteiger partial charge in [-0.25, -0.2) is 4.79 Å². The monoisotopic (exact) mass is 283 g/mol. The smallest absolute Gasteiger partial charge is 0.405 e. The van der Waals surface area contributed by atoms with Gasteiger partial charge in [0.1, 0.15) is 11.9 Å². The van der Waals surface area contributed by atoms with E-state index in [9.17, 15) is 4.79 Å². The third kappa shape index (κ3) is 2.95. The molecule has 0 spiro atoms. The molecule has 2 atom stereocenters. The van der Waals surface area contributed by atoms with Crippen LogP contribution in [0, 0.1) is 5.41 Å². The van der Waals surface area contributed by atoms with Gasteiger partial charge in [-0.2, -0.15) is 0 Å². The van der Waals surface area contributed by atoms with Gasteiger partial charge >= 0.3 is 6.09 Å². The Balaban J connectivity index is 2.23. The van der Waals surface area contributed by atoms with Gasteiger partial charge in [0.2, 0.25) is 0 Å². The molecule has 1 amide bonds. The summed E-state index contributed by atoms with van der Waals surface area (Å²) in [6, 6.07) is 5.32. The summed E-state index contributed by atoms with van der Waals surface area (Å²) in [5.41, 5.74) is 0.788. The van der Waals surface area contributed by atoms with Crippen LogP contribution in [0.15, 0.2) is 18.2 Å². The molecule has 0 aromatic heterocycles. The number of para-hydroxylation sites is 1. The van der Waals surface area contributed by atoms with Gasteiger partial charge in [0, 0.05) is 6.42 Å². The number of fused-ring (bicyclic) bond motifs is 1. The Kier molecular flexibility index (Phi) is 3.63. The van der Waals surface area contributed by atoms with Crippen LogP contribution in [0.4, 0.5) is 4.79 Å². The zero-order valence-electron chi connectivity index (χ0n) is 11.2. The lowest BCUT2D eigenvalue weighted by Gasteiger charge is -2.34. The van der Waals surface area contributed by atoms with Crippen molar-refractivity contribution in [2.75, 3.05) is 0 Å². The molecule has 2 unspecified atom stereocenters. The Hall–Kier alpha value is -1.42. The minimum atomic E-state index is -1.04. The molecule has 2 N–H and O–H groups in total. The minimum absolute atomic E-state index is 0.231. The molecule has 1 aliphatic heterocycles. The van der Waals surface area contributed by atoms with Crippen molar-refractivity contribution in [3.05, 3.63) is 28.8 Å². The number of benzene rings is 1. The summed E-state index contributed by atoms with van der Waals surface area (Å²) in [5.74, 6) is 0.676. The Morgan fingerprint density at radius 2 is 2.21 bits per heavy atom. The molecule has 1 aromatic rings. The van der Waals surface area contributed by atoms with Gasteiger partial charge in [0.05, 0.1) is 11.1 Å². The highest BCUT2D eigenvalue weighted by Gasteiger charge is 2.39. The second-order valence-electron chi connectivity index (χ2n) is 5.88. The van der Waals surface area contributed by atoms with Gasteiger partial charge in [-0.05, 0) is 17.0 Å². The number of ether oxygens (including phenoxy) is 1. The molecule has 0 saturated carbocycles. The van der Waals surface area contributed by atoms with E-state index in [2.05, 4.69) is 5.32 Å². The predicted octanol–water partition coefficient (Wildman–Crippen LogP) is 3.33. The minimum Gasteiger partial charge on any atom is -0.486 e. The number of halogens is 1. The molecule has 4 nitrogen and oxygen atoms in total. The SMILES string of the molecule is CC(C)(C)C(NC(=O)O)C1Cc2cccc(Cl)c2O1. The fourth-order valence-corrected chi connectivity index (χ4v) is 2.68. The normalized spacial score (nSPS) is 19.5. The molecular formula is C14H18ClNO3. The Morgan fingerprint density at radius 3 is 2.74 bits per heavy atom. The zero-order valence-corrected chi connectivity index (χ0v) is 12.0. The van der Waals surface area contributed by atoms with Crippen LogP contribution in [0.25, 0.3) is 0 Å². The molecular weight excluding hydrogens is 266 g/mol. The van der Waals surface area contributed by atoms with Crippen molar-refractivity contribution >= 4 is 17.7 Å². The number of hydrogen-bond donors (Lipinski definition) is 2. The summed E-state index contributed by atoms with van der Waals surface area (Å²) in [5, 5.41) is 12.1. The van der Waals surface area contributed by atoms with Crippen molar-refractivity contribution < 1.29 is 14.6 Å². The summed E-state index contributed by atoms with van der Waals surface area (Å²) in [7, 11) is 0. The highest BCUT2D eigenvalue weighted by molar-refractivity contribution is 6.32. The van der Waals surface area contributed by atoms with Crippen LogP contribution in [-0.4, -0.2) is 23.3 Å². The molecule has 1 aromatic carbocycles. The molecule has 5 heteroatoms. The number of carbonyl (C=O) groups is 1. The van der Waals surface area contributed by atoms with Crippen molar-refractivity contribution in [2.24, 2.45) is 5.41 Å². The fraction of sp³-hybridized carbons (Fsp3) is 0.500.